The first-order valence-corrected chi connectivity index (χ1v) is 6.55. The van der Waals surface area contributed by atoms with E-state index in [2.05, 4.69) is 25.7 Å². The molecule has 1 aromatic heterocycles. The van der Waals surface area contributed by atoms with Crippen LogP contribution in [0.1, 0.15) is 18.0 Å². The van der Waals surface area contributed by atoms with E-state index in [1.165, 1.54) is 24.2 Å². The van der Waals surface area contributed by atoms with Crippen LogP contribution in [0, 0.1) is 11.7 Å². The van der Waals surface area contributed by atoms with E-state index in [0.29, 0.717) is 5.92 Å². The molecule has 0 spiro atoms. The van der Waals surface area contributed by atoms with E-state index in [1.807, 2.05) is 0 Å². The number of halogens is 2. The van der Waals surface area contributed by atoms with Gasteiger partial charge in [0, 0.05) is 18.0 Å². The van der Waals surface area contributed by atoms with Gasteiger partial charge < -0.3 is 0 Å². The highest BCUT2D eigenvalue weighted by molar-refractivity contribution is 9.10. The van der Waals surface area contributed by atoms with Crippen molar-refractivity contribution in [3.05, 3.63) is 40.2 Å². The van der Waals surface area contributed by atoms with Gasteiger partial charge in [0.2, 0.25) is 0 Å². The number of aromatic nitrogens is 2. The lowest BCUT2D eigenvalue weighted by molar-refractivity contribution is 0.598. The van der Waals surface area contributed by atoms with Crippen LogP contribution in [0.2, 0.25) is 0 Å². The molecule has 0 N–H and O–H groups in total. The lowest BCUT2D eigenvalue weighted by Gasteiger charge is -1.98. The second-order valence-electron chi connectivity index (χ2n) is 4.84. The van der Waals surface area contributed by atoms with Crippen molar-refractivity contribution < 1.29 is 4.39 Å². The molecule has 86 valence electrons. The Morgan fingerprint density at radius 3 is 2.76 bits per heavy atom. The van der Waals surface area contributed by atoms with E-state index in [1.54, 1.807) is 12.1 Å². The smallest absolute Gasteiger partial charge is 0.123 e. The molecule has 17 heavy (non-hydrogen) atoms. The lowest BCUT2D eigenvalue weighted by Crippen LogP contribution is -1.98. The molecule has 0 radical (unpaired) electrons. The number of hydrogen-bond donors (Lipinski definition) is 0. The zero-order valence-corrected chi connectivity index (χ0v) is 10.6. The normalized spacial score (nSPS) is 24.6. The summed E-state index contributed by atoms with van der Waals surface area (Å²) in [5.74, 6) is 1.31. The van der Waals surface area contributed by atoms with Gasteiger partial charge in [-0.25, -0.2) is 4.39 Å². The van der Waals surface area contributed by atoms with Crippen LogP contribution in [0.15, 0.2) is 28.7 Å². The van der Waals surface area contributed by atoms with E-state index in [0.717, 1.165) is 28.2 Å². The molecule has 2 aliphatic rings. The maximum absolute atomic E-state index is 12.9. The maximum Gasteiger partial charge on any atom is 0.123 e. The zero-order valence-electron chi connectivity index (χ0n) is 9.03. The fraction of sp³-hybridized carbons (Fsp3) is 0.308. The van der Waals surface area contributed by atoms with Gasteiger partial charge in [-0.2, -0.15) is 5.10 Å². The van der Waals surface area contributed by atoms with Crippen molar-refractivity contribution in [3.8, 4) is 11.3 Å². The molecule has 1 saturated carbocycles. The Morgan fingerprint density at radius 2 is 2.06 bits per heavy atom. The number of benzene rings is 1. The van der Waals surface area contributed by atoms with Crippen LogP contribution in [-0.4, -0.2) is 9.78 Å². The molecule has 2 atom stereocenters. The SMILES string of the molecule is Fc1ccc(-c2nn3c(c2Br)C2CC2C3)cc1. The molecule has 0 amide bonds. The maximum atomic E-state index is 12.9. The molecule has 4 rings (SSSR count). The third-order valence-corrected chi connectivity index (χ3v) is 4.51. The quantitative estimate of drug-likeness (QED) is 0.786. The van der Waals surface area contributed by atoms with Crippen LogP contribution < -0.4 is 0 Å². The predicted octanol–water partition coefficient (Wildman–Crippen LogP) is 3.57. The van der Waals surface area contributed by atoms with E-state index in [9.17, 15) is 4.39 Å². The minimum atomic E-state index is -0.209. The molecule has 2 heterocycles. The van der Waals surface area contributed by atoms with Gasteiger partial charge in [-0.15, -0.1) is 0 Å². The van der Waals surface area contributed by atoms with Crippen molar-refractivity contribution in [3.63, 3.8) is 0 Å². The molecular weight excluding hydrogens is 283 g/mol. The third kappa shape index (κ3) is 1.33. The summed E-state index contributed by atoms with van der Waals surface area (Å²) in [5, 5.41) is 4.62. The van der Waals surface area contributed by atoms with Crippen LogP contribution in [0.4, 0.5) is 4.39 Å². The summed E-state index contributed by atoms with van der Waals surface area (Å²) in [5.41, 5.74) is 3.23. The van der Waals surface area contributed by atoms with Gasteiger partial charge in [-0.3, -0.25) is 4.68 Å². The standard InChI is InChI=1S/C13H10BrFN2/c14-11-12(7-1-3-9(15)4-2-7)16-17-6-8-5-10(8)13(11)17/h1-4,8,10H,5-6H2. The van der Waals surface area contributed by atoms with Crippen LogP contribution in [0.5, 0.6) is 0 Å². The largest absolute Gasteiger partial charge is 0.267 e. The predicted molar refractivity (Wildman–Crippen MR) is 66.2 cm³/mol. The van der Waals surface area contributed by atoms with E-state index in [-0.39, 0.29) is 5.82 Å². The first-order valence-electron chi connectivity index (χ1n) is 5.76. The van der Waals surface area contributed by atoms with Crippen molar-refractivity contribution >= 4 is 15.9 Å². The molecule has 2 aromatic rings. The third-order valence-electron chi connectivity index (χ3n) is 3.73. The monoisotopic (exact) mass is 292 g/mol. The Kier molecular flexibility index (Phi) is 1.85. The van der Waals surface area contributed by atoms with Gasteiger partial charge >= 0.3 is 0 Å². The molecule has 2 nitrogen and oxygen atoms in total. The molecule has 1 aromatic carbocycles. The Morgan fingerprint density at radius 1 is 1.29 bits per heavy atom. The lowest BCUT2D eigenvalue weighted by atomic mass is 10.1. The first kappa shape index (κ1) is 9.83. The number of fused-ring (bicyclic) bond motifs is 3. The van der Waals surface area contributed by atoms with Crippen molar-refractivity contribution in [1.82, 2.24) is 9.78 Å². The Balaban J connectivity index is 1.85. The van der Waals surface area contributed by atoms with Gasteiger partial charge in [0.25, 0.3) is 0 Å². The van der Waals surface area contributed by atoms with Gasteiger partial charge in [0.1, 0.15) is 11.5 Å². The molecule has 0 saturated heterocycles. The highest BCUT2D eigenvalue weighted by Crippen LogP contribution is 2.56. The Bertz CT molecular complexity index is 603. The summed E-state index contributed by atoms with van der Waals surface area (Å²) in [6.45, 7) is 1.04. The number of hydrogen-bond acceptors (Lipinski definition) is 1. The topological polar surface area (TPSA) is 17.8 Å². The average Bonchev–Trinajstić information content (AvgIpc) is 2.86. The molecule has 1 aliphatic carbocycles. The van der Waals surface area contributed by atoms with Crippen LogP contribution in [0.3, 0.4) is 0 Å². The first-order chi connectivity index (χ1) is 8.24. The zero-order chi connectivity index (χ0) is 11.6. The minimum Gasteiger partial charge on any atom is -0.267 e. The highest BCUT2D eigenvalue weighted by atomic mass is 79.9. The van der Waals surface area contributed by atoms with Crippen molar-refractivity contribution in [2.24, 2.45) is 5.92 Å². The summed E-state index contributed by atoms with van der Waals surface area (Å²) >= 11 is 3.65. The number of nitrogens with zero attached hydrogens (tertiary/aromatic N) is 2. The van der Waals surface area contributed by atoms with Crippen molar-refractivity contribution in [2.75, 3.05) is 0 Å². The summed E-state index contributed by atoms with van der Waals surface area (Å²) in [7, 11) is 0. The second-order valence-corrected chi connectivity index (χ2v) is 5.63. The number of rotatable bonds is 1. The summed E-state index contributed by atoms with van der Waals surface area (Å²) in [6.07, 6.45) is 1.30. The van der Waals surface area contributed by atoms with E-state index < -0.39 is 0 Å². The summed E-state index contributed by atoms with van der Waals surface area (Å²) < 4.78 is 16.1. The van der Waals surface area contributed by atoms with E-state index >= 15 is 0 Å². The molecule has 1 aliphatic heterocycles. The van der Waals surface area contributed by atoms with E-state index in [4.69, 9.17) is 0 Å². The molecular formula is C13H10BrFN2. The average molecular weight is 293 g/mol. The Labute approximate surface area is 107 Å². The minimum absolute atomic E-state index is 0.209. The van der Waals surface area contributed by atoms with Gasteiger partial charge in [0.15, 0.2) is 0 Å². The fourth-order valence-corrected chi connectivity index (χ4v) is 3.55. The van der Waals surface area contributed by atoms with Gasteiger partial charge in [-0.05, 0) is 52.5 Å². The van der Waals surface area contributed by atoms with Crippen LogP contribution >= 0.6 is 15.9 Å². The van der Waals surface area contributed by atoms with Crippen molar-refractivity contribution in [1.29, 1.82) is 0 Å². The molecule has 4 heteroatoms. The van der Waals surface area contributed by atoms with Crippen LogP contribution in [-0.2, 0) is 6.54 Å². The van der Waals surface area contributed by atoms with Gasteiger partial charge in [0.05, 0.1) is 10.2 Å². The van der Waals surface area contributed by atoms with Crippen LogP contribution in [0.25, 0.3) is 11.3 Å². The summed E-state index contributed by atoms with van der Waals surface area (Å²) in [4.78, 5) is 0. The molecule has 1 fully saturated rings. The molecule has 2 unspecified atom stereocenters. The second kappa shape index (κ2) is 3.19. The summed E-state index contributed by atoms with van der Waals surface area (Å²) in [6, 6.07) is 6.52. The fourth-order valence-electron chi connectivity index (χ4n) is 2.75. The molecule has 0 bridgehead atoms. The van der Waals surface area contributed by atoms with Crippen molar-refractivity contribution in [2.45, 2.75) is 18.9 Å². The highest BCUT2D eigenvalue weighted by Gasteiger charge is 2.48. The Hall–Kier alpha value is -1.16. The van der Waals surface area contributed by atoms with Gasteiger partial charge in [-0.1, -0.05) is 0 Å².